The lowest BCUT2D eigenvalue weighted by atomic mass is 9.95. The molecular weight excluding hydrogens is 482 g/mol. The van der Waals surface area contributed by atoms with E-state index in [1.165, 1.54) is 0 Å². The summed E-state index contributed by atoms with van der Waals surface area (Å²) in [5, 5.41) is 3.48. The summed E-state index contributed by atoms with van der Waals surface area (Å²) in [5.74, 6) is 2.86. The molecule has 6 rings (SSSR count). The summed E-state index contributed by atoms with van der Waals surface area (Å²) in [6.07, 6.45) is 3.88. The molecule has 0 radical (unpaired) electrons. The summed E-state index contributed by atoms with van der Waals surface area (Å²) < 4.78 is 17.9. The molecular formula is C29H29N5O4. The SMILES string of the molecule is COc1ccnc(C(C)Nc2ccc3c(c2)Cc2cccc(C4CN(c5ccc[nH]c5=O)CCO4)c2O3)n1. The predicted octanol–water partition coefficient (Wildman–Crippen LogP) is 4.62. The van der Waals surface area contributed by atoms with Crippen molar-refractivity contribution in [1.29, 1.82) is 0 Å². The summed E-state index contributed by atoms with van der Waals surface area (Å²) in [4.78, 5) is 26.0. The maximum atomic E-state index is 12.4. The van der Waals surface area contributed by atoms with Crippen LogP contribution in [-0.4, -0.2) is 41.8 Å². The van der Waals surface area contributed by atoms with Crippen LogP contribution in [0.25, 0.3) is 0 Å². The van der Waals surface area contributed by atoms with Gasteiger partial charge in [0.05, 0.1) is 19.8 Å². The smallest absolute Gasteiger partial charge is 0.271 e. The molecule has 0 amide bonds. The van der Waals surface area contributed by atoms with E-state index in [2.05, 4.69) is 43.4 Å². The van der Waals surface area contributed by atoms with Crippen LogP contribution in [0.1, 0.15) is 41.6 Å². The second kappa shape index (κ2) is 10.2. The van der Waals surface area contributed by atoms with Gasteiger partial charge >= 0.3 is 0 Å². The van der Waals surface area contributed by atoms with Crippen molar-refractivity contribution in [3.05, 3.63) is 99.9 Å². The highest BCUT2D eigenvalue weighted by Crippen LogP contribution is 2.43. The van der Waals surface area contributed by atoms with Gasteiger partial charge in [-0.3, -0.25) is 4.79 Å². The number of aromatic nitrogens is 3. The highest BCUT2D eigenvalue weighted by atomic mass is 16.5. The van der Waals surface area contributed by atoms with E-state index in [4.69, 9.17) is 14.2 Å². The van der Waals surface area contributed by atoms with Crippen LogP contribution >= 0.6 is 0 Å². The molecule has 38 heavy (non-hydrogen) atoms. The molecule has 4 heterocycles. The zero-order valence-corrected chi connectivity index (χ0v) is 21.3. The van der Waals surface area contributed by atoms with E-state index in [1.807, 2.05) is 37.3 Å². The van der Waals surface area contributed by atoms with E-state index in [0.717, 1.165) is 40.3 Å². The van der Waals surface area contributed by atoms with E-state index in [9.17, 15) is 4.79 Å². The largest absolute Gasteiger partial charge is 0.481 e. The molecule has 0 saturated carbocycles. The van der Waals surface area contributed by atoms with E-state index < -0.39 is 0 Å². The molecule has 0 spiro atoms. The molecule has 9 nitrogen and oxygen atoms in total. The number of hydrogen-bond acceptors (Lipinski definition) is 8. The minimum absolute atomic E-state index is 0.0925. The van der Waals surface area contributed by atoms with Gasteiger partial charge in [-0.2, -0.15) is 4.98 Å². The Morgan fingerprint density at radius 1 is 1.16 bits per heavy atom. The number of H-pyrrole nitrogens is 1. The third-order valence-corrected chi connectivity index (χ3v) is 6.96. The quantitative estimate of drug-likeness (QED) is 0.341. The summed E-state index contributed by atoms with van der Waals surface area (Å²) >= 11 is 0. The van der Waals surface area contributed by atoms with Crippen molar-refractivity contribution in [1.82, 2.24) is 15.0 Å². The Hall–Kier alpha value is -4.37. The maximum absolute atomic E-state index is 12.4. The third kappa shape index (κ3) is 4.68. The van der Waals surface area contributed by atoms with Gasteiger partial charge in [0.2, 0.25) is 5.88 Å². The predicted molar refractivity (Wildman–Crippen MR) is 144 cm³/mol. The van der Waals surface area contributed by atoms with Gasteiger partial charge in [-0.15, -0.1) is 0 Å². The van der Waals surface area contributed by atoms with Gasteiger partial charge in [0.15, 0.2) is 5.82 Å². The van der Waals surface area contributed by atoms with Crippen molar-refractivity contribution in [3.63, 3.8) is 0 Å². The van der Waals surface area contributed by atoms with E-state index >= 15 is 0 Å². The van der Waals surface area contributed by atoms with Gasteiger partial charge in [-0.05, 0) is 42.8 Å². The average Bonchev–Trinajstić information content (AvgIpc) is 2.96. The van der Waals surface area contributed by atoms with Gasteiger partial charge in [0.25, 0.3) is 5.56 Å². The number of fused-ring (bicyclic) bond motifs is 2. The summed E-state index contributed by atoms with van der Waals surface area (Å²) in [6.45, 7) is 3.79. The number of nitrogens with one attached hydrogen (secondary N) is 2. The molecule has 9 heteroatoms. The van der Waals surface area contributed by atoms with Gasteiger partial charge in [0, 0.05) is 54.8 Å². The van der Waals surface area contributed by atoms with Crippen LogP contribution in [0.2, 0.25) is 0 Å². The number of methoxy groups -OCH3 is 1. The number of benzene rings is 2. The Kier molecular flexibility index (Phi) is 6.43. The average molecular weight is 512 g/mol. The van der Waals surface area contributed by atoms with Gasteiger partial charge < -0.3 is 29.4 Å². The normalized spacial score (nSPS) is 17.1. The van der Waals surface area contributed by atoms with Crippen LogP contribution in [0.4, 0.5) is 11.4 Å². The summed E-state index contributed by atoms with van der Waals surface area (Å²) in [7, 11) is 1.59. The van der Waals surface area contributed by atoms with Crippen molar-refractivity contribution >= 4 is 11.4 Å². The Bertz CT molecular complexity index is 1520. The highest BCUT2D eigenvalue weighted by molar-refractivity contribution is 5.59. The molecule has 1 saturated heterocycles. The Morgan fingerprint density at radius 2 is 2.08 bits per heavy atom. The first-order valence-corrected chi connectivity index (χ1v) is 12.7. The van der Waals surface area contributed by atoms with E-state index in [1.54, 1.807) is 25.6 Å². The third-order valence-electron chi connectivity index (χ3n) is 6.96. The lowest BCUT2D eigenvalue weighted by Gasteiger charge is -2.35. The molecule has 1 fully saturated rings. The molecule has 2 unspecified atom stereocenters. The first-order valence-electron chi connectivity index (χ1n) is 12.7. The summed E-state index contributed by atoms with van der Waals surface area (Å²) in [6, 6.07) is 17.6. The van der Waals surface area contributed by atoms with Crippen LogP contribution in [-0.2, 0) is 11.2 Å². The zero-order chi connectivity index (χ0) is 26.1. The molecule has 2 N–H and O–H groups in total. The lowest BCUT2D eigenvalue weighted by molar-refractivity contribution is 0.0383. The summed E-state index contributed by atoms with van der Waals surface area (Å²) in [5.41, 5.74) is 4.73. The molecule has 194 valence electrons. The van der Waals surface area contributed by atoms with Crippen molar-refractivity contribution in [2.45, 2.75) is 25.5 Å². The molecule has 2 aromatic carbocycles. The van der Waals surface area contributed by atoms with Gasteiger partial charge in [-0.1, -0.05) is 18.2 Å². The minimum atomic E-state index is -0.204. The lowest BCUT2D eigenvalue weighted by Crippen LogP contribution is -2.41. The maximum Gasteiger partial charge on any atom is 0.271 e. The Labute approximate surface area is 220 Å². The monoisotopic (exact) mass is 511 g/mol. The number of pyridine rings is 1. The number of morpholine rings is 1. The van der Waals surface area contributed by atoms with Crippen LogP contribution in [0, 0.1) is 0 Å². The van der Waals surface area contributed by atoms with Crippen LogP contribution in [0.15, 0.2) is 71.8 Å². The number of aromatic amines is 1. The fourth-order valence-corrected chi connectivity index (χ4v) is 5.06. The van der Waals surface area contributed by atoms with Gasteiger partial charge in [0.1, 0.15) is 23.3 Å². The molecule has 0 aliphatic carbocycles. The Balaban J connectivity index is 1.21. The second-order valence-corrected chi connectivity index (χ2v) is 9.45. The first kappa shape index (κ1) is 24.0. The highest BCUT2D eigenvalue weighted by Gasteiger charge is 2.29. The van der Waals surface area contributed by atoms with Crippen molar-refractivity contribution in [2.24, 2.45) is 0 Å². The topological polar surface area (TPSA) is 102 Å². The van der Waals surface area contributed by atoms with E-state index in [-0.39, 0.29) is 17.7 Å². The van der Waals surface area contributed by atoms with Crippen molar-refractivity contribution in [2.75, 3.05) is 37.0 Å². The fourth-order valence-electron chi connectivity index (χ4n) is 5.06. The van der Waals surface area contributed by atoms with Crippen molar-refractivity contribution in [3.8, 4) is 17.4 Å². The Morgan fingerprint density at radius 3 is 2.95 bits per heavy atom. The number of hydrogen-bond donors (Lipinski definition) is 2. The standard InChI is InChI=1S/C29H29N5O4/c1-18(28-30-12-10-26(33-28)36-2)32-21-8-9-24-20(16-21)15-19-5-3-6-22(27(19)38-24)25-17-34(13-14-37-25)23-7-4-11-31-29(23)35/h3-12,16,18,25,32H,13-15,17H2,1-2H3,(H,31,35). The van der Waals surface area contributed by atoms with Crippen LogP contribution < -0.4 is 25.2 Å². The molecule has 2 atom stereocenters. The molecule has 4 aromatic rings. The van der Waals surface area contributed by atoms with Crippen molar-refractivity contribution < 1.29 is 14.2 Å². The second-order valence-electron chi connectivity index (χ2n) is 9.45. The molecule has 2 aliphatic heterocycles. The molecule has 0 bridgehead atoms. The number of para-hydroxylation sites is 1. The molecule has 2 aliphatic rings. The number of rotatable bonds is 6. The zero-order valence-electron chi connectivity index (χ0n) is 21.3. The number of ether oxygens (including phenoxy) is 3. The van der Waals surface area contributed by atoms with Gasteiger partial charge in [-0.25, -0.2) is 4.98 Å². The fraction of sp³-hybridized carbons (Fsp3) is 0.276. The molecule has 2 aromatic heterocycles. The van der Waals surface area contributed by atoms with Crippen LogP contribution in [0.5, 0.6) is 17.4 Å². The van der Waals surface area contributed by atoms with E-state index in [0.29, 0.717) is 37.1 Å². The number of nitrogens with zero attached hydrogens (tertiary/aromatic N) is 3. The first-order chi connectivity index (χ1) is 18.6. The minimum Gasteiger partial charge on any atom is -0.481 e. The van der Waals surface area contributed by atoms with Crippen LogP contribution in [0.3, 0.4) is 0 Å². The number of anilines is 2.